The predicted molar refractivity (Wildman–Crippen MR) is 60.5 cm³/mol. The summed E-state index contributed by atoms with van der Waals surface area (Å²) in [5, 5.41) is 10.5. The topological polar surface area (TPSA) is 86.2 Å². The van der Waals surface area contributed by atoms with Crippen LogP contribution in [0.25, 0.3) is 6.08 Å². The van der Waals surface area contributed by atoms with Crippen LogP contribution >= 0.6 is 0 Å². The number of hydrogen-bond donors (Lipinski definition) is 1. The van der Waals surface area contributed by atoms with Crippen molar-refractivity contribution in [3.63, 3.8) is 0 Å². The summed E-state index contributed by atoms with van der Waals surface area (Å²) in [4.78, 5) is 20.4. The van der Waals surface area contributed by atoms with Crippen molar-refractivity contribution in [2.45, 2.75) is 0 Å². The Morgan fingerprint density at radius 2 is 2.12 bits per heavy atom. The quantitative estimate of drug-likeness (QED) is 0.361. The van der Waals surface area contributed by atoms with Gasteiger partial charge in [-0.2, -0.15) is 0 Å². The monoisotopic (exact) mass is 218 g/mol. The van der Waals surface area contributed by atoms with Crippen molar-refractivity contribution >= 4 is 17.7 Å². The van der Waals surface area contributed by atoms with E-state index in [0.717, 1.165) is 0 Å². The van der Waals surface area contributed by atoms with E-state index in [1.807, 2.05) is 0 Å². The molecule has 0 saturated carbocycles. The van der Waals surface area contributed by atoms with Crippen molar-refractivity contribution in [1.29, 1.82) is 0 Å². The molecule has 0 atom stereocenters. The van der Waals surface area contributed by atoms with Gasteiger partial charge in [0.2, 0.25) is 5.91 Å². The first-order valence-electron chi connectivity index (χ1n) is 4.48. The first-order chi connectivity index (χ1) is 7.59. The predicted octanol–water partition coefficient (Wildman–Crippen LogP) is 1.65. The van der Waals surface area contributed by atoms with E-state index in [4.69, 9.17) is 5.73 Å². The van der Waals surface area contributed by atoms with Gasteiger partial charge in [-0.1, -0.05) is 30.4 Å². The van der Waals surface area contributed by atoms with E-state index < -0.39 is 10.8 Å². The average Bonchev–Trinajstić information content (AvgIpc) is 2.24. The van der Waals surface area contributed by atoms with Gasteiger partial charge in [0.05, 0.1) is 4.92 Å². The third-order valence-corrected chi connectivity index (χ3v) is 1.74. The van der Waals surface area contributed by atoms with Gasteiger partial charge in [0.1, 0.15) is 0 Å². The Kier molecular flexibility index (Phi) is 3.97. The summed E-state index contributed by atoms with van der Waals surface area (Å²) in [5.74, 6) is -0.538. The van der Waals surface area contributed by atoms with Crippen LogP contribution in [0.4, 0.5) is 5.69 Å². The van der Waals surface area contributed by atoms with Gasteiger partial charge in [-0.05, 0) is 5.56 Å². The molecule has 2 N–H and O–H groups in total. The fraction of sp³-hybridized carbons (Fsp3) is 0. The van der Waals surface area contributed by atoms with Crippen LogP contribution < -0.4 is 5.73 Å². The summed E-state index contributed by atoms with van der Waals surface area (Å²) in [6.07, 6.45) is 5.91. The van der Waals surface area contributed by atoms with Gasteiger partial charge in [-0.15, -0.1) is 0 Å². The number of nitrogens with zero attached hydrogens (tertiary/aromatic N) is 1. The van der Waals surface area contributed by atoms with Crippen LogP contribution in [0.5, 0.6) is 0 Å². The molecule has 1 rings (SSSR count). The van der Waals surface area contributed by atoms with Gasteiger partial charge in [0.25, 0.3) is 5.69 Å². The van der Waals surface area contributed by atoms with Crippen molar-refractivity contribution in [3.05, 3.63) is 58.2 Å². The Morgan fingerprint density at radius 1 is 1.38 bits per heavy atom. The SMILES string of the molecule is NC(=O)C=CC=Cc1cccc([N+](=O)[O-])c1. The molecule has 16 heavy (non-hydrogen) atoms. The Morgan fingerprint density at radius 3 is 2.75 bits per heavy atom. The third kappa shape index (κ3) is 3.75. The molecule has 0 aliphatic rings. The van der Waals surface area contributed by atoms with Gasteiger partial charge < -0.3 is 5.73 Å². The fourth-order valence-electron chi connectivity index (χ4n) is 1.06. The number of rotatable bonds is 4. The zero-order valence-electron chi connectivity index (χ0n) is 8.37. The molecule has 1 aromatic rings. The minimum atomic E-state index is -0.538. The maximum Gasteiger partial charge on any atom is 0.270 e. The van der Waals surface area contributed by atoms with E-state index in [-0.39, 0.29) is 5.69 Å². The molecule has 0 radical (unpaired) electrons. The smallest absolute Gasteiger partial charge is 0.270 e. The maximum atomic E-state index is 10.5. The number of hydrogen-bond acceptors (Lipinski definition) is 3. The molecule has 0 saturated heterocycles. The zero-order valence-corrected chi connectivity index (χ0v) is 8.37. The third-order valence-electron chi connectivity index (χ3n) is 1.74. The summed E-state index contributed by atoms with van der Waals surface area (Å²) in [5.41, 5.74) is 5.60. The van der Waals surface area contributed by atoms with Gasteiger partial charge in [0.15, 0.2) is 0 Å². The lowest BCUT2D eigenvalue weighted by atomic mass is 10.2. The highest BCUT2D eigenvalue weighted by molar-refractivity contribution is 5.86. The van der Waals surface area contributed by atoms with Crippen LogP contribution in [0.15, 0.2) is 42.5 Å². The number of nitro groups is 1. The minimum absolute atomic E-state index is 0.0287. The number of nitrogens with two attached hydrogens (primary N) is 1. The van der Waals surface area contributed by atoms with E-state index in [2.05, 4.69) is 0 Å². The highest BCUT2D eigenvalue weighted by Gasteiger charge is 2.02. The number of benzene rings is 1. The van der Waals surface area contributed by atoms with Crippen molar-refractivity contribution in [3.8, 4) is 0 Å². The second kappa shape index (κ2) is 5.45. The minimum Gasteiger partial charge on any atom is -0.366 e. The fourth-order valence-corrected chi connectivity index (χ4v) is 1.06. The summed E-state index contributed by atoms with van der Waals surface area (Å²) >= 11 is 0. The second-order valence-corrected chi connectivity index (χ2v) is 2.97. The number of amides is 1. The molecule has 0 aromatic heterocycles. The standard InChI is InChI=1S/C11H10N2O3/c12-11(14)7-2-1-4-9-5-3-6-10(8-9)13(15)16/h1-8H,(H2,12,14). The number of non-ortho nitro benzene ring substituents is 1. The molecule has 82 valence electrons. The lowest BCUT2D eigenvalue weighted by Gasteiger charge is -1.92. The highest BCUT2D eigenvalue weighted by atomic mass is 16.6. The normalized spacial score (nSPS) is 11.0. The Bertz CT molecular complexity index is 464. The van der Waals surface area contributed by atoms with Crippen molar-refractivity contribution in [1.82, 2.24) is 0 Å². The summed E-state index contributed by atoms with van der Waals surface area (Å²) in [6.45, 7) is 0. The lowest BCUT2D eigenvalue weighted by Crippen LogP contribution is -2.04. The highest BCUT2D eigenvalue weighted by Crippen LogP contribution is 2.13. The second-order valence-electron chi connectivity index (χ2n) is 2.97. The van der Waals surface area contributed by atoms with Crippen LogP contribution in [0, 0.1) is 10.1 Å². The molecule has 5 nitrogen and oxygen atoms in total. The molecule has 0 heterocycles. The molecule has 5 heteroatoms. The summed E-state index contributed by atoms with van der Waals surface area (Å²) in [6, 6.07) is 6.17. The Balaban J connectivity index is 2.78. The molecule has 1 amide bonds. The van der Waals surface area contributed by atoms with Gasteiger partial charge in [0, 0.05) is 18.2 Å². The summed E-state index contributed by atoms with van der Waals surface area (Å²) < 4.78 is 0. The van der Waals surface area contributed by atoms with Gasteiger partial charge in [-0.25, -0.2) is 0 Å². The van der Waals surface area contributed by atoms with Gasteiger partial charge >= 0.3 is 0 Å². The van der Waals surface area contributed by atoms with Crippen LogP contribution in [0.2, 0.25) is 0 Å². The molecular formula is C11H10N2O3. The van der Waals surface area contributed by atoms with Gasteiger partial charge in [-0.3, -0.25) is 14.9 Å². The first-order valence-corrected chi connectivity index (χ1v) is 4.48. The largest absolute Gasteiger partial charge is 0.366 e. The lowest BCUT2D eigenvalue weighted by molar-refractivity contribution is -0.384. The molecule has 0 fully saturated rings. The molecule has 0 spiro atoms. The van der Waals surface area contributed by atoms with E-state index in [1.165, 1.54) is 24.3 Å². The van der Waals surface area contributed by atoms with Crippen LogP contribution in [0.3, 0.4) is 0 Å². The van der Waals surface area contributed by atoms with Crippen molar-refractivity contribution < 1.29 is 9.72 Å². The van der Waals surface area contributed by atoms with E-state index in [0.29, 0.717) is 5.56 Å². The van der Waals surface area contributed by atoms with E-state index >= 15 is 0 Å². The zero-order chi connectivity index (χ0) is 12.0. The maximum absolute atomic E-state index is 10.5. The molecule has 1 aromatic carbocycles. The summed E-state index contributed by atoms with van der Waals surface area (Å²) in [7, 11) is 0. The number of carbonyl (C=O) groups excluding carboxylic acids is 1. The van der Waals surface area contributed by atoms with E-state index in [9.17, 15) is 14.9 Å². The van der Waals surface area contributed by atoms with Crippen LogP contribution in [-0.2, 0) is 4.79 Å². The van der Waals surface area contributed by atoms with Crippen molar-refractivity contribution in [2.75, 3.05) is 0 Å². The molecule has 0 bridgehead atoms. The molecule has 0 aliphatic heterocycles. The number of carbonyl (C=O) groups is 1. The van der Waals surface area contributed by atoms with Crippen LogP contribution in [0.1, 0.15) is 5.56 Å². The molecule has 0 aliphatic carbocycles. The van der Waals surface area contributed by atoms with Crippen molar-refractivity contribution in [2.24, 2.45) is 5.73 Å². The van der Waals surface area contributed by atoms with E-state index in [1.54, 1.807) is 24.3 Å². The Labute approximate surface area is 92.0 Å². The molecular weight excluding hydrogens is 208 g/mol. The molecule has 0 unspecified atom stereocenters. The number of primary amides is 1. The Hall–Kier alpha value is -2.43. The first kappa shape index (κ1) is 11.6. The number of allylic oxidation sites excluding steroid dienone is 2. The average molecular weight is 218 g/mol. The number of nitro benzene ring substituents is 1. The van der Waals surface area contributed by atoms with Crippen LogP contribution in [-0.4, -0.2) is 10.8 Å².